The second-order valence-electron chi connectivity index (χ2n) is 1.55. The van der Waals surface area contributed by atoms with E-state index >= 15 is 0 Å². The lowest BCUT2D eigenvalue weighted by Gasteiger charge is -2.06. The zero-order valence-electron chi connectivity index (χ0n) is 5.54. The van der Waals surface area contributed by atoms with Gasteiger partial charge in [0.15, 0.2) is 0 Å². The van der Waals surface area contributed by atoms with E-state index < -0.39 is 0 Å². The molecule has 0 aromatic heterocycles. The number of hydrogen-bond donors (Lipinski definition) is 0. The van der Waals surface area contributed by atoms with E-state index in [1.54, 1.807) is 0 Å². The van der Waals surface area contributed by atoms with Crippen molar-refractivity contribution in [1.82, 2.24) is 0 Å². The van der Waals surface area contributed by atoms with E-state index in [9.17, 15) is 0 Å². The van der Waals surface area contributed by atoms with Crippen LogP contribution in [0.5, 0.6) is 0 Å². The van der Waals surface area contributed by atoms with Crippen LogP contribution in [-0.2, 0) is 9.05 Å². The fourth-order valence-corrected chi connectivity index (χ4v) is 1.22. The van der Waals surface area contributed by atoms with Gasteiger partial charge in [-0.3, -0.25) is 0 Å². The molecule has 4 atom stereocenters. The van der Waals surface area contributed by atoms with Crippen LogP contribution < -0.4 is 0 Å². The van der Waals surface area contributed by atoms with Gasteiger partial charge >= 0.3 is 0 Å². The van der Waals surface area contributed by atoms with E-state index in [1.807, 2.05) is 0 Å². The molecule has 0 N–H and O–H groups in total. The lowest BCUT2D eigenvalue weighted by molar-refractivity contribution is 0.244. The summed E-state index contributed by atoms with van der Waals surface area (Å²) in [6, 6.07) is 0. The third kappa shape index (κ3) is 5.55. The Kier molecular flexibility index (Phi) is 8.48. The Labute approximate surface area is 68.1 Å². The van der Waals surface area contributed by atoms with Gasteiger partial charge in [0.25, 0.3) is 0 Å². The van der Waals surface area contributed by atoms with Crippen LogP contribution in [0.3, 0.4) is 0 Å². The molecule has 0 aliphatic rings. The zero-order valence-corrected chi connectivity index (χ0v) is 8.85. The van der Waals surface area contributed by atoms with Crippen LogP contribution in [0.25, 0.3) is 0 Å². The summed E-state index contributed by atoms with van der Waals surface area (Å²) < 4.78 is 9.92. The van der Waals surface area contributed by atoms with Gasteiger partial charge in [0.1, 0.15) is 6.10 Å². The maximum atomic E-state index is 5.12. The molecule has 0 radical (unpaired) electrons. The highest BCUT2D eigenvalue weighted by molar-refractivity contribution is 8.00. The SMILES string of the molecule is C#CC(CCOPP)OP. The van der Waals surface area contributed by atoms with Gasteiger partial charge in [0.05, 0.1) is 6.61 Å². The van der Waals surface area contributed by atoms with Crippen LogP contribution in [-0.4, -0.2) is 12.7 Å². The molecule has 0 amide bonds. The van der Waals surface area contributed by atoms with Gasteiger partial charge in [-0.1, -0.05) is 14.8 Å². The average Bonchev–Trinajstić information content (AvgIpc) is 1.99. The second kappa shape index (κ2) is 7.87. The van der Waals surface area contributed by atoms with Gasteiger partial charge in [-0.05, 0) is 0 Å². The summed E-state index contributed by atoms with van der Waals surface area (Å²) in [4.78, 5) is 0. The second-order valence-corrected chi connectivity index (χ2v) is 3.05. The first-order chi connectivity index (χ1) is 4.85. The summed E-state index contributed by atoms with van der Waals surface area (Å²) in [7, 11) is 5.09. The average molecular weight is 196 g/mol. The van der Waals surface area contributed by atoms with E-state index in [0.717, 1.165) is 6.42 Å². The quantitative estimate of drug-likeness (QED) is 0.377. The standard InChI is InChI=1S/C5H11O2P3/c1-2-5(7-8)3-4-6-10-9/h1,5,10H,3-4,8-9H2. The molecule has 2 nitrogen and oxygen atoms in total. The highest BCUT2D eigenvalue weighted by Gasteiger charge is 2.00. The molecule has 58 valence electrons. The number of hydrogen-bond acceptors (Lipinski definition) is 2. The molecule has 0 aliphatic carbocycles. The van der Waals surface area contributed by atoms with E-state index in [1.165, 1.54) is 0 Å². The first kappa shape index (κ1) is 10.8. The molecule has 0 spiro atoms. The first-order valence-electron chi connectivity index (χ1n) is 2.74. The van der Waals surface area contributed by atoms with Crippen molar-refractivity contribution in [2.45, 2.75) is 12.5 Å². The normalized spacial score (nSPS) is 13.7. The first-order valence-corrected chi connectivity index (χ1v) is 5.93. The molecule has 0 rings (SSSR count). The maximum Gasteiger partial charge on any atom is 0.123 e. The maximum absolute atomic E-state index is 5.12. The summed E-state index contributed by atoms with van der Waals surface area (Å²) in [6.45, 7) is 0.658. The van der Waals surface area contributed by atoms with Crippen molar-refractivity contribution in [2.24, 2.45) is 0 Å². The summed E-state index contributed by atoms with van der Waals surface area (Å²) in [5, 5.41) is 0. The number of rotatable bonds is 5. The Bertz CT molecular complexity index is 112. The molecule has 4 unspecified atom stereocenters. The molecule has 0 saturated heterocycles. The molecule has 0 saturated carbocycles. The topological polar surface area (TPSA) is 18.5 Å². The van der Waals surface area contributed by atoms with Crippen LogP contribution in [0.1, 0.15) is 6.42 Å². The minimum atomic E-state index is -0.133. The van der Waals surface area contributed by atoms with Gasteiger partial charge in [0, 0.05) is 24.4 Å². The Morgan fingerprint density at radius 2 is 2.40 bits per heavy atom. The molecule has 10 heavy (non-hydrogen) atoms. The predicted molar refractivity (Wildman–Crippen MR) is 52.0 cm³/mol. The minimum Gasteiger partial charge on any atom is -0.358 e. The molecule has 0 heterocycles. The molecule has 5 heteroatoms. The van der Waals surface area contributed by atoms with Gasteiger partial charge in [0.2, 0.25) is 0 Å². The van der Waals surface area contributed by atoms with E-state index in [0.29, 0.717) is 15.1 Å². The van der Waals surface area contributed by atoms with E-state index in [2.05, 4.69) is 24.3 Å². The largest absolute Gasteiger partial charge is 0.358 e. The van der Waals surface area contributed by atoms with Crippen molar-refractivity contribution < 1.29 is 9.05 Å². The Hall–Kier alpha value is 0.770. The van der Waals surface area contributed by atoms with E-state index in [-0.39, 0.29) is 6.10 Å². The number of terminal acetylenes is 1. The Balaban J connectivity index is 3.20. The van der Waals surface area contributed by atoms with Gasteiger partial charge in [-0.15, -0.1) is 6.42 Å². The molecular weight excluding hydrogens is 185 g/mol. The zero-order chi connectivity index (χ0) is 7.82. The predicted octanol–water partition coefficient (Wildman–Crippen LogP) is 1.59. The van der Waals surface area contributed by atoms with Crippen LogP contribution in [0.15, 0.2) is 0 Å². The van der Waals surface area contributed by atoms with E-state index in [4.69, 9.17) is 15.5 Å². The lowest BCUT2D eigenvalue weighted by Crippen LogP contribution is -2.06. The third-order valence-corrected chi connectivity index (χ3v) is 2.11. The fourth-order valence-electron chi connectivity index (χ4n) is 0.416. The highest BCUT2D eigenvalue weighted by Crippen LogP contribution is 2.21. The van der Waals surface area contributed by atoms with Gasteiger partial charge in [-0.2, -0.15) is 0 Å². The summed E-state index contributed by atoms with van der Waals surface area (Å²) in [6.07, 6.45) is 5.74. The smallest absolute Gasteiger partial charge is 0.123 e. The molecule has 0 aromatic carbocycles. The summed E-state index contributed by atoms with van der Waals surface area (Å²) in [5.74, 6) is 2.48. The monoisotopic (exact) mass is 196 g/mol. The summed E-state index contributed by atoms with van der Waals surface area (Å²) >= 11 is 0. The van der Waals surface area contributed by atoms with Crippen molar-refractivity contribution >= 4 is 26.9 Å². The Morgan fingerprint density at radius 3 is 2.80 bits per heavy atom. The van der Waals surface area contributed by atoms with Crippen molar-refractivity contribution in [3.8, 4) is 12.3 Å². The molecular formula is C5H11O2P3. The van der Waals surface area contributed by atoms with Crippen LogP contribution in [0, 0.1) is 12.3 Å². The fraction of sp³-hybridized carbons (Fsp3) is 0.600. The van der Waals surface area contributed by atoms with Crippen molar-refractivity contribution in [3.63, 3.8) is 0 Å². The van der Waals surface area contributed by atoms with Crippen molar-refractivity contribution in [3.05, 3.63) is 0 Å². The van der Waals surface area contributed by atoms with Crippen LogP contribution >= 0.6 is 26.9 Å². The molecule has 0 aliphatic heterocycles. The van der Waals surface area contributed by atoms with Gasteiger partial charge in [-0.25, -0.2) is 0 Å². The molecule has 0 aromatic rings. The minimum absolute atomic E-state index is 0.133. The van der Waals surface area contributed by atoms with Crippen LogP contribution in [0.2, 0.25) is 0 Å². The van der Waals surface area contributed by atoms with Crippen molar-refractivity contribution in [2.75, 3.05) is 6.61 Å². The molecule has 0 bridgehead atoms. The lowest BCUT2D eigenvalue weighted by atomic mass is 10.3. The Morgan fingerprint density at radius 1 is 1.70 bits per heavy atom. The summed E-state index contributed by atoms with van der Waals surface area (Å²) in [5.41, 5.74) is 0. The third-order valence-electron chi connectivity index (χ3n) is 0.916. The van der Waals surface area contributed by atoms with Crippen molar-refractivity contribution in [1.29, 1.82) is 0 Å². The molecule has 0 fully saturated rings. The van der Waals surface area contributed by atoms with Crippen LogP contribution in [0.4, 0.5) is 0 Å². The van der Waals surface area contributed by atoms with Gasteiger partial charge < -0.3 is 9.05 Å². The highest BCUT2D eigenvalue weighted by atomic mass is 32.0.